The van der Waals surface area contributed by atoms with Crippen molar-refractivity contribution in [2.75, 3.05) is 0 Å². The number of rotatable bonds is 4. The molecule has 98 valence electrons. The molecule has 2 heteroatoms. The van der Waals surface area contributed by atoms with Crippen LogP contribution in [0.5, 0.6) is 0 Å². The summed E-state index contributed by atoms with van der Waals surface area (Å²) in [6.07, 6.45) is 1.17. The number of Topliss-reactive ketones (excluding diaryl/α,β-unsaturated/α-hetero) is 1. The maximum atomic E-state index is 13.1. The van der Waals surface area contributed by atoms with Crippen molar-refractivity contribution in [1.82, 2.24) is 0 Å². The second-order valence-electron chi connectivity index (χ2n) is 4.88. The molecule has 0 aliphatic rings. The molecule has 0 fully saturated rings. The molecule has 2 aromatic rings. The number of carbonyl (C=O) groups excluding carboxylic acids is 1. The van der Waals surface area contributed by atoms with Gasteiger partial charge in [0, 0.05) is 12.0 Å². The Labute approximate surface area is 113 Å². The van der Waals surface area contributed by atoms with Gasteiger partial charge in [-0.15, -0.1) is 0 Å². The first-order valence-electron chi connectivity index (χ1n) is 6.41. The maximum Gasteiger partial charge on any atom is 0.163 e. The van der Waals surface area contributed by atoms with Crippen LogP contribution in [-0.2, 0) is 6.42 Å². The highest BCUT2D eigenvalue weighted by Crippen LogP contribution is 2.13. The van der Waals surface area contributed by atoms with Crippen molar-refractivity contribution >= 4 is 5.78 Å². The predicted molar refractivity (Wildman–Crippen MR) is 75.0 cm³/mol. The van der Waals surface area contributed by atoms with Crippen molar-refractivity contribution in [1.29, 1.82) is 0 Å². The van der Waals surface area contributed by atoms with Crippen LogP contribution in [0, 0.1) is 19.7 Å². The Bertz CT molecular complexity index is 602. The molecule has 0 spiro atoms. The molecule has 0 radical (unpaired) electrons. The normalized spacial score (nSPS) is 10.5. The Kier molecular flexibility index (Phi) is 4.10. The molecule has 0 aliphatic heterocycles. The average Bonchev–Trinajstić information content (AvgIpc) is 2.39. The highest BCUT2D eigenvalue weighted by atomic mass is 19.1. The summed E-state index contributed by atoms with van der Waals surface area (Å²) in [5.41, 5.74) is 3.46. The van der Waals surface area contributed by atoms with Crippen molar-refractivity contribution in [3.8, 4) is 0 Å². The minimum Gasteiger partial charge on any atom is -0.294 e. The van der Waals surface area contributed by atoms with Crippen molar-refractivity contribution < 1.29 is 9.18 Å². The summed E-state index contributed by atoms with van der Waals surface area (Å²) in [6, 6.07) is 12.7. The number of benzene rings is 2. The average molecular weight is 256 g/mol. The van der Waals surface area contributed by atoms with E-state index in [0.717, 1.165) is 12.0 Å². The number of hydrogen-bond donors (Lipinski definition) is 0. The number of halogens is 1. The van der Waals surface area contributed by atoms with E-state index in [2.05, 4.69) is 6.07 Å². The van der Waals surface area contributed by atoms with Crippen LogP contribution in [-0.4, -0.2) is 5.78 Å². The van der Waals surface area contributed by atoms with Crippen LogP contribution >= 0.6 is 0 Å². The lowest BCUT2D eigenvalue weighted by molar-refractivity contribution is 0.0982. The van der Waals surface area contributed by atoms with Crippen molar-refractivity contribution in [2.24, 2.45) is 0 Å². The molecule has 0 atom stereocenters. The highest BCUT2D eigenvalue weighted by molar-refractivity contribution is 5.96. The third-order valence-electron chi connectivity index (χ3n) is 3.20. The van der Waals surface area contributed by atoms with Crippen LogP contribution in [0.2, 0.25) is 0 Å². The molecular weight excluding hydrogens is 239 g/mol. The first-order valence-corrected chi connectivity index (χ1v) is 6.41. The van der Waals surface area contributed by atoms with Crippen LogP contribution in [0.4, 0.5) is 4.39 Å². The lowest BCUT2D eigenvalue weighted by atomic mass is 10.0. The van der Waals surface area contributed by atoms with E-state index in [1.54, 1.807) is 19.1 Å². The van der Waals surface area contributed by atoms with E-state index >= 15 is 0 Å². The molecule has 0 saturated carbocycles. The third kappa shape index (κ3) is 3.50. The number of hydrogen-bond acceptors (Lipinski definition) is 1. The van der Waals surface area contributed by atoms with Crippen LogP contribution in [0.15, 0.2) is 42.5 Å². The van der Waals surface area contributed by atoms with Gasteiger partial charge < -0.3 is 0 Å². The topological polar surface area (TPSA) is 17.1 Å². The molecule has 0 aliphatic carbocycles. The van der Waals surface area contributed by atoms with Crippen molar-refractivity contribution in [3.63, 3.8) is 0 Å². The standard InChI is InChI=1S/C17H17FO/c1-12-4-3-5-14(10-12)6-9-17(19)15-7-8-16(18)13(2)11-15/h3-5,7-8,10-11H,6,9H2,1-2H3. The monoisotopic (exact) mass is 256 g/mol. The van der Waals surface area contributed by atoms with Gasteiger partial charge in [-0.05, 0) is 49.6 Å². The van der Waals surface area contributed by atoms with Crippen LogP contribution in [0.25, 0.3) is 0 Å². The fourth-order valence-electron chi connectivity index (χ4n) is 2.09. The van der Waals surface area contributed by atoms with E-state index in [4.69, 9.17) is 0 Å². The van der Waals surface area contributed by atoms with E-state index in [1.165, 1.54) is 11.6 Å². The van der Waals surface area contributed by atoms with Gasteiger partial charge in [0.2, 0.25) is 0 Å². The fraction of sp³-hybridized carbons (Fsp3) is 0.235. The number of carbonyl (C=O) groups is 1. The second-order valence-corrected chi connectivity index (χ2v) is 4.88. The molecule has 0 heterocycles. The Hall–Kier alpha value is -1.96. The lowest BCUT2D eigenvalue weighted by Gasteiger charge is -2.04. The first kappa shape index (κ1) is 13.5. The summed E-state index contributed by atoms with van der Waals surface area (Å²) in [7, 11) is 0. The fourth-order valence-corrected chi connectivity index (χ4v) is 2.09. The number of aryl methyl sites for hydroxylation is 3. The minimum absolute atomic E-state index is 0.0598. The summed E-state index contributed by atoms with van der Waals surface area (Å²) in [5.74, 6) is -0.208. The molecule has 0 aromatic heterocycles. The molecule has 1 nitrogen and oxygen atoms in total. The van der Waals surface area contributed by atoms with Gasteiger partial charge in [-0.3, -0.25) is 4.79 Å². The Morgan fingerprint density at radius 2 is 1.89 bits per heavy atom. The molecular formula is C17H17FO. The summed E-state index contributed by atoms with van der Waals surface area (Å²) in [6.45, 7) is 3.71. The largest absolute Gasteiger partial charge is 0.294 e. The predicted octanol–water partition coefficient (Wildman–Crippen LogP) is 4.26. The number of ketones is 1. The molecule has 2 rings (SSSR count). The van der Waals surface area contributed by atoms with Gasteiger partial charge >= 0.3 is 0 Å². The van der Waals surface area contributed by atoms with E-state index in [0.29, 0.717) is 17.5 Å². The summed E-state index contributed by atoms with van der Waals surface area (Å²) in [5, 5.41) is 0. The van der Waals surface area contributed by atoms with Gasteiger partial charge in [-0.2, -0.15) is 0 Å². The quantitative estimate of drug-likeness (QED) is 0.747. The third-order valence-corrected chi connectivity index (χ3v) is 3.20. The first-order chi connectivity index (χ1) is 9.06. The van der Waals surface area contributed by atoms with Crippen LogP contribution in [0.1, 0.15) is 33.5 Å². The Morgan fingerprint density at radius 3 is 2.58 bits per heavy atom. The molecule has 0 unspecified atom stereocenters. The minimum atomic E-state index is -0.268. The van der Waals surface area contributed by atoms with E-state index < -0.39 is 0 Å². The summed E-state index contributed by atoms with van der Waals surface area (Å²) < 4.78 is 13.1. The lowest BCUT2D eigenvalue weighted by Crippen LogP contribution is -2.02. The van der Waals surface area contributed by atoms with E-state index in [-0.39, 0.29) is 11.6 Å². The van der Waals surface area contributed by atoms with Gasteiger partial charge in [0.25, 0.3) is 0 Å². The van der Waals surface area contributed by atoms with Gasteiger partial charge in [0.05, 0.1) is 0 Å². The van der Waals surface area contributed by atoms with Crippen molar-refractivity contribution in [3.05, 3.63) is 70.5 Å². The van der Waals surface area contributed by atoms with Crippen molar-refractivity contribution in [2.45, 2.75) is 26.7 Å². The van der Waals surface area contributed by atoms with Crippen LogP contribution < -0.4 is 0 Å². The van der Waals surface area contributed by atoms with Gasteiger partial charge in [-0.25, -0.2) is 4.39 Å². The zero-order chi connectivity index (χ0) is 13.8. The molecule has 0 saturated heterocycles. The Morgan fingerprint density at radius 1 is 1.11 bits per heavy atom. The summed E-state index contributed by atoms with van der Waals surface area (Å²) >= 11 is 0. The van der Waals surface area contributed by atoms with Gasteiger partial charge in [0.1, 0.15) is 5.82 Å². The van der Waals surface area contributed by atoms with Crippen LogP contribution in [0.3, 0.4) is 0 Å². The highest BCUT2D eigenvalue weighted by Gasteiger charge is 2.08. The molecule has 0 bridgehead atoms. The summed E-state index contributed by atoms with van der Waals surface area (Å²) in [4.78, 5) is 12.0. The van der Waals surface area contributed by atoms with E-state index in [1.807, 2.05) is 25.1 Å². The molecule has 2 aromatic carbocycles. The zero-order valence-electron chi connectivity index (χ0n) is 11.2. The maximum absolute atomic E-state index is 13.1. The van der Waals surface area contributed by atoms with Gasteiger partial charge in [-0.1, -0.05) is 29.8 Å². The second kappa shape index (κ2) is 5.79. The molecule has 0 amide bonds. The zero-order valence-corrected chi connectivity index (χ0v) is 11.2. The molecule has 19 heavy (non-hydrogen) atoms. The molecule has 0 N–H and O–H groups in total. The SMILES string of the molecule is Cc1cccc(CCC(=O)c2ccc(F)c(C)c2)c1. The Balaban J connectivity index is 2.03. The van der Waals surface area contributed by atoms with Gasteiger partial charge in [0.15, 0.2) is 5.78 Å². The van der Waals surface area contributed by atoms with E-state index in [9.17, 15) is 9.18 Å². The smallest absolute Gasteiger partial charge is 0.163 e.